The Labute approximate surface area is 149 Å². The molecule has 1 amide bonds. The summed E-state index contributed by atoms with van der Waals surface area (Å²) in [5, 5.41) is 8.93. The number of nitrogens with zero attached hydrogens (tertiary/aromatic N) is 3. The number of nitriles is 1. The molecule has 0 bridgehead atoms. The molecule has 2 aliphatic rings. The van der Waals surface area contributed by atoms with Gasteiger partial charge in [-0.05, 0) is 49.9 Å². The molecular formula is C18H23N3O3S. The standard InChI is InChI=1S/C18H23N3O3S/c19-14-15-8-12-20(13-9-15)18(22)16-4-6-17(7-5-16)25(23,24)21-10-2-1-3-11-21/h4-7,15H,1-3,8-13H2. The molecule has 6 nitrogen and oxygen atoms in total. The normalized spacial score (nSPS) is 20.2. The van der Waals surface area contributed by atoms with E-state index in [0.717, 1.165) is 19.3 Å². The highest BCUT2D eigenvalue weighted by Gasteiger charge is 2.27. The van der Waals surface area contributed by atoms with Gasteiger partial charge in [-0.2, -0.15) is 9.57 Å². The first kappa shape index (κ1) is 17.9. The second-order valence-corrected chi connectivity index (χ2v) is 8.62. The summed E-state index contributed by atoms with van der Waals surface area (Å²) in [6, 6.07) is 8.49. The predicted molar refractivity (Wildman–Crippen MR) is 93.3 cm³/mol. The average molecular weight is 361 g/mol. The van der Waals surface area contributed by atoms with Crippen molar-refractivity contribution in [3.05, 3.63) is 29.8 Å². The third-order valence-corrected chi connectivity index (χ3v) is 6.93. The molecule has 1 aromatic carbocycles. The zero-order valence-electron chi connectivity index (χ0n) is 14.2. The number of likely N-dealkylation sites (tertiary alicyclic amines) is 1. The molecule has 2 fully saturated rings. The maximum absolute atomic E-state index is 12.6. The molecule has 2 saturated heterocycles. The predicted octanol–water partition coefficient (Wildman–Crippen LogP) is 2.24. The van der Waals surface area contributed by atoms with Crippen molar-refractivity contribution in [2.24, 2.45) is 5.92 Å². The minimum Gasteiger partial charge on any atom is -0.339 e. The molecule has 3 rings (SSSR count). The van der Waals surface area contributed by atoms with Crippen LogP contribution in [0, 0.1) is 17.2 Å². The van der Waals surface area contributed by atoms with Gasteiger partial charge >= 0.3 is 0 Å². The van der Waals surface area contributed by atoms with Gasteiger partial charge in [-0.3, -0.25) is 4.79 Å². The van der Waals surface area contributed by atoms with Crippen LogP contribution in [-0.4, -0.2) is 49.7 Å². The lowest BCUT2D eigenvalue weighted by molar-refractivity contribution is 0.0707. The quantitative estimate of drug-likeness (QED) is 0.827. The summed E-state index contributed by atoms with van der Waals surface area (Å²) < 4.78 is 26.8. The number of rotatable bonds is 3. The molecule has 0 aromatic heterocycles. The van der Waals surface area contributed by atoms with Crippen LogP contribution < -0.4 is 0 Å². The van der Waals surface area contributed by atoms with Gasteiger partial charge in [0, 0.05) is 37.7 Å². The number of sulfonamides is 1. The van der Waals surface area contributed by atoms with Gasteiger partial charge in [0.1, 0.15) is 0 Å². The highest BCUT2D eigenvalue weighted by Crippen LogP contribution is 2.22. The molecule has 2 heterocycles. The number of benzene rings is 1. The first-order valence-electron chi connectivity index (χ1n) is 8.81. The van der Waals surface area contributed by atoms with E-state index in [9.17, 15) is 13.2 Å². The van der Waals surface area contributed by atoms with E-state index in [1.165, 1.54) is 16.4 Å². The fraction of sp³-hybridized carbons (Fsp3) is 0.556. The second kappa shape index (κ2) is 7.54. The van der Waals surface area contributed by atoms with Gasteiger partial charge in [-0.25, -0.2) is 8.42 Å². The molecule has 0 atom stereocenters. The van der Waals surface area contributed by atoms with Gasteiger partial charge in [-0.1, -0.05) is 6.42 Å². The summed E-state index contributed by atoms with van der Waals surface area (Å²) in [5.41, 5.74) is 0.494. The van der Waals surface area contributed by atoms with Crippen LogP contribution in [0.4, 0.5) is 0 Å². The minimum absolute atomic E-state index is 0.0288. The number of hydrogen-bond acceptors (Lipinski definition) is 4. The maximum atomic E-state index is 12.6. The molecule has 0 aliphatic carbocycles. The lowest BCUT2D eigenvalue weighted by Crippen LogP contribution is -2.38. The molecule has 0 saturated carbocycles. The molecule has 0 spiro atoms. The highest BCUT2D eigenvalue weighted by atomic mass is 32.2. The fourth-order valence-corrected chi connectivity index (χ4v) is 4.94. The van der Waals surface area contributed by atoms with E-state index >= 15 is 0 Å². The van der Waals surface area contributed by atoms with Gasteiger partial charge in [-0.15, -0.1) is 0 Å². The Balaban J connectivity index is 1.70. The van der Waals surface area contributed by atoms with E-state index in [4.69, 9.17) is 5.26 Å². The van der Waals surface area contributed by atoms with Crippen molar-refractivity contribution in [3.63, 3.8) is 0 Å². The summed E-state index contributed by atoms with van der Waals surface area (Å²) in [7, 11) is -3.47. The van der Waals surface area contributed by atoms with Crippen LogP contribution in [0.1, 0.15) is 42.5 Å². The van der Waals surface area contributed by atoms with Crippen molar-refractivity contribution in [2.45, 2.75) is 37.0 Å². The van der Waals surface area contributed by atoms with Crippen LogP contribution in [0.5, 0.6) is 0 Å². The topological polar surface area (TPSA) is 81.5 Å². The highest BCUT2D eigenvalue weighted by molar-refractivity contribution is 7.89. The van der Waals surface area contributed by atoms with Crippen molar-refractivity contribution >= 4 is 15.9 Å². The first-order chi connectivity index (χ1) is 12.0. The Morgan fingerprint density at radius 2 is 1.60 bits per heavy atom. The molecule has 7 heteroatoms. The first-order valence-corrected chi connectivity index (χ1v) is 10.3. The number of amides is 1. The molecule has 1 aromatic rings. The third-order valence-electron chi connectivity index (χ3n) is 5.02. The Hall–Kier alpha value is -1.91. The number of piperidine rings is 2. The van der Waals surface area contributed by atoms with E-state index in [2.05, 4.69) is 6.07 Å². The van der Waals surface area contributed by atoms with Crippen LogP contribution in [0.2, 0.25) is 0 Å². The molecule has 0 N–H and O–H groups in total. The molecule has 2 aliphatic heterocycles. The Kier molecular flexibility index (Phi) is 5.40. The smallest absolute Gasteiger partial charge is 0.253 e. The number of carbonyl (C=O) groups is 1. The van der Waals surface area contributed by atoms with Crippen LogP contribution in [-0.2, 0) is 10.0 Å². The van der Waals surface area contributed by atoms with E-state index in [0.29, 0.717) is 44.6 Å². The minimum atomic E-state index is -3.47. The Morgan fingerprint density at radius 1 is 1.00 bits per heavy atom. The fourth-order valence-electron chi connectivity index (χ4n) is 3.42. The summed E-state index contributed by atoms with van der Waals surface area (Å²) in [6.45, 7) is 2.28. The zero-order chi connectivity index (χ0) is 17.9. The van der Waals surface area contributed by atoms with E-state index in [1.807, 2.05) is 0 Å². The third kappa shape index (κ3) is 3.86. The summed E-state index contributed by atoms with van der Waals surface area (Å²) in [5.74, 6) is -0.0700. The van der Waals surface area contributed by atoms with Gasteiger partial charge in [0.15, 0.2) is 0 Å². The van der Waals surface area contributed by atoms with Crippen molar-refractivity contribution in [1.29, 1.82) is 5.26 Å². The average Bonchev–Trinajstić information content (AvgIpc) is 2.68. The van der Waals surface area contributed by atoms with Gasteiger partial charge in [0.2, 0.25) is 10.0 Å². The van der Waals surface area contributed by atoms with Crippen LogP contribution in [0.15, 0.2) is 29.2 Å². The summed E-state index contributed by atoms with van der Waals surface area (Å²) in [6.07, 6.45) is 4.26. The van der Waals surface area contributed by atoms with Crippen LogP contribution in [0.25, 0.3) is 0 Å². The SMILES string of the molecule is N#CC1CCN(C(=O)c2ccc(S(=O)(=O)N3CCCCC3)cc2)CC1. The largest absolute Gasteiger partial charge is 0.339 e. The lowest BCUT2D eigenvalue weighted by atomic mass is 9.98. The van der Waals surface area contributed by atoms with Crippen molar-refractivity contribution < 1.29 is 13.2 Å². The number of hydrogen-bond donors (Lipinski definition) is 0. The van der Waals surface area contributed by atoms with E-state index < -0.39 is 10.0 Å². The Bertz CT molecular complexity index is 754. The molecule has 0 radical (unpaired) electrons. The van der Waals surface area contributed by atoms with Crippen molar-refractivity contribution in [3.8, 4) is 6.07 Å². The van der Waals surface area contributed by atoms with Crippen molar-refractivity contribution in [1.82, 2.24) is 9.21 Å². The van der Waals surface area contributed by atoms with Crippen molar-refractivity contribution in [2.75, 3.05) is 26.2 Å². The number of carbonyl (C=O) groups excluding carboxylic acids is 1. The van der Waals surface area contributed by atoms with Gasteiger partial charge in [0.25, 0.3) is 5.91 Å². The monoisotopic (exact) mass is 361 g/mol. The molecule has 134 valence electrons. The Morgan fingerprint density at radius 3 is 2.16 bits per heavy atom. The molecule has 25 heavy (non-hydrogen) atoms. The second-order valence-electron chi connectivity index (χ2n) is 6.68. The van der Waals surface area contributed by atoms with Crippen LogP contribution in [0.3, 0.4) is 0 Å². The maximum Gasteiger partial charge on any atom is 0.253 e. The van der Waals surface area contributed by atoms with E-state index in [1.54, 1.807) is 17.0 Å². The van der Waals surface area contributed by atoms with Crippen LogP contribution >= 0.6 is 0 Å². The van der Waals surface area contributed by atoms with Gasteiger partial charge < -0.3 is 4.90 Å². The summed E-state index contributed by atoms with van der Waals surface area (Å²) in [4.78, 5) is 14.5. The molecule has 0 unspecified atom stereocenters. The zero-order valence-corrected chi connectivity index (χ0v) is 15.0. The summed E-state index contributed by atoms with van der Waals surface area (Å²) >= 11 is 0. The molecular weight excluding hydrogens is 338 g/mol. The van der Waals surface area contributed by atoms with E-state index in [-0.39, 0.29) is 16.7 Å². The lowest BCUT2D eigenvalue weighted by Gasteiger charge is -2.29. The van der Waals surface area contributed by atoms with Gasteiger partial charge in [0.05, 0.1) is 11.0 Å².